The molecule has 0 aromatic carbocycles. The summed E-state index contributed by atoms with van der Waals surface area (Å²) in [5.74, 6) is 2.69. The summed E-state index contributed by atoms with van der Waals surface area (Å²) in [7, 11) is 1.81. The first kappa shape index (κ1) is 14.3. The maximum absolute atomic E-state index is 6.55. The quantitative estimate of drug-likeness (QED) is 0.750. The third-order valence-electron chi connectivity index (χ3n) is 5.52. The molecule has 0 radical (unpaired) electrons. The Morgan fingerprint density at radius 1 is 1.11 bits per heavy atom. The second-order valence-corrected chi connectivity index (χ2v) is 7.13. The minimum absolute atomic E-state index is 0.0125. The molecule has 2 aliphatic carbocycles. The van der Waals surface area contributed by atoms with Gasteiger partial charge >= 0.3 is 0 Å². The number of rotatable bonds is 7. The van der Waals surface area contributed by atoms with Crippen LogP contribution >= 0.6 is 0 Å². The van der Waals surface area contributed by atoms with Crippen LogP contribution in [0.3, 0.4) is 0 Å². The molecule has 0 saturated heterocycles. The molecule has 2 nitrogen and oxygen atoms in total. The lowest BCUT2D eigenvalue weighted by Crippen LogP contribution is -2.45. The Bertz CT molecular complexity index is 242. The maximum atomic E-state index is 6.55. The molecule has 1 atom stereocenters. The first-order valence-electron chi connectivity index (χ1n) is 7.84. The molecule has 0 aromatic rings. The Balaban J connectivity index is 1.85. The van der Waals surface area contributed by atoms with E-state index in [0.717, 1.165) is 30.6 Å². The zero-order valence-corrected chi connectivity index (χ0v) is 12.5. The van der Waals surface area contributed by atoms with E-state index < -0.39 is 0 Å². The van der Waals surface area contributed by atoms with Crippen molar-refractivity contribution in [3.8, 4) is 0 Å². The highest BCUT2D eigenvalue weighted by molar-refractivity contribution is 4.92. The van der Waals surface area contributed by atoms with E-state index in [1.54, 1.807) is 7.11 Å². The van der Waals surface area contributed by atoms with Gasteiger partial charge in [0.15, 0.2) is 0 Å². The lowest BCUT2D eigenvalue weighted by Gasteiger charge is -2.46. The molecule has 106 valence electrons. The number of hydrogen-bond donors (Lipinski definition) is 1. The lowest BCUT2D eigenvalue weighted by molar-refractivity contribution is 0.00420. The van der Waals surface area contributed by atoms with Crippen LogP contribution in [0.4, 0.5) is 0 Å². The molecule has 1 unspecified atom stereocenters. The van der Waals surface area contributed by atoms with E-state index in [2.05, 4.69) is 13.8 Å². The third kappa shape index (κ3) is 3.27. The van der Waals surface area contributed by atoms with E-state index in [4.69, 9.17) is 10.5 Å². The molecule has 2 heteroatoms. The maximum Gasteiger partial charge on any atom is 0.0623 e. The van der Waals surface area contributed by atoms with E-state index in [1.807, 2.05) is 0 Å². The van der Waals surface area contributed by atoms with Gasteiger partial charge in [-0.25, -0.2) is 0 Å². The van der Waals surface area contributed by atoms with Gasteiger partial charge in [-0.2, -0.15) is 0 Å². The molecule has 0 heterocycles. The van der Waals surface area contributed by atoms with Crippen molar-refractivity contribution < 1.29 is 4.74 Å². The fourth-order valence-corrected chi connectivity index (χ4v) is 3.54. The normalized spacial score (nSPS) is 23.8. The van der Waals surface area contributed by atoms with Crippen molar-refractivity contribution in [2.45, 2.75) is 76.9 Å². The minimum Gasteiger partial charge on any atom is -0.379 e. The van der Waals surface area contributed by atoms with Gasteiger partial charge in [-0.1, -0.05) is 38.5 Å². The van der Waals surface area contributed by atoms with Crippen molar-refractivity contribution in [2.75, 3.05) is 7.11 Å². The van der Waals surface area contributed by atoms with E-state index >= 15 is 0 Å². The Morgan fingerprint density at radius 3 is 1.94 bits per heavy atom. The van der Waals surface area contributed by atoms with Crippen molar-refractivity contribution in [1.29, 1.82) is 0 Å². The molecule has 0 aliphatic heterocycles. The van der Waals surface area contributed by atoms with Gasteiger partial charge in [0.2, 0.25) is 0 Å². The highest BCUT2D eigenvalue weighted by atomic mass is 16.5. The molecule has 0 spiro atoms. The Hall–Kier alpha value is -0.0800. The van der Waals surface area contributed by atoms with Gasteiger partial charge in [-0.15, -0.1) is 0 Å². The number of nitrogens with two attached hydrogens (primary N) is 1. The summed E-state index contributed by atoms with van der Waals surface area (Å²) in [4.78, 5) is 0. The molecule has 2 fully saturated rings. The minimum atomic E-state index is -0.0125. The van der Waals surface area contributed by atoms with Crippen molar-refractivity contribution in [1.82, 2.24) is 0 Å². The molecule has 18 heavy (non-hydrogen) atoms. The van der Waals surface area contributed by atoms with Crippen LogP contribution in [-0.4, -0.2) is 18.8 Å². The van der Waals surface area contributed by atoms with Crippen LogP contribution in [0.25, 0.3) is 0 Å². The molecule has 0 aromatic heterocycles. The van der Waals surface area contributed by atoms with Crippen LogP contribution in [0.1, 0.15) is 65.2 Å². The van der Waals surface area contributed by atoms with E-state index in [-0.39, 0.29) is 5.60 Å². The summed E-state index contributed by atoms with van der Waals surface area (Å²) in [6, 6.07) is 0.398. The number of hydrogen-bond acceptors (Lipinski definition) is 2. The van der Waals surface area contributed by atoms with Gasteiger partial charge in [-0.05, 0) is 44.4 Å². The fraction of sp³-hybridized carbons (Fsp3) is 1.00. The van der Waals surface area contributed by atoms with Crippen LogP contribution in [0, 0.1) is 17.8 Å². The second kappa shape index (κ2) is 5.92. The summed E-state index contributed by atoms with van der Waals surface area (Å²) in [6.45, 7) is 4.34. The zero-order valence-electron chi connectivity index (χ0n) is 12.5. The molecule has 2 N–H and O–H groups in total. The molecule has 0 amide bonds. The van der Waals surface area contributed by atoms with Crippen LogP contribution in [-0.2, 0) is 4.74 Å². The highest BCUT2D eigenvalue weighted by Gasteiger charge is 2.39. The van der Waals surface area contributed by atoms with Crippen LogP contribution in [0.2, 0.25) is 0 Å². The lowest BCUT2D eigenvalue weighted by atomic mass is 9.61. The molecule has 0 bridgehead atoms. The van der Waals surface area contributed by atoms with E-state index in [1.165, 1.54) is 38.5 Å². The zero-order chi connectivity index (χ0) is 13.2. The summed E-state index contributed by atoms with van der Waals surface area (Å²) >= 11 is 0. The van der Waals surface area contributed by atoms with E-state index in [9.17, 15) is 0 Å². The predicted octanol–water partition coefficient (Wildman–Crippen LogP) is 3.74. The Morgan fingerprint density at radius 2 is 1.61 bits per heavy atom. The average molecular weight is 253 g/mol. The molecular formula is C16H31NO. The topological polar surface area (TPSA) is 35.2 Å². The molecule has 2 saturated carbocycles. The van der Waals surface area contributed by atoms with Crippen molar-refractivity contribution >= 4 is 0 Å². The largest absolute Gasteiger partial charge is 0.379 e. The van der Waals surface area contributed by atoms with Crippen LogP contribution < -0.4 is 5.73 Å². The van der Waals surface area contributed by atoms with Crippen molar-refractivity contribution in [3.63, 3.8) is 0 Å². The summed E-state index contributed by atoms with van der Waals surface area (Å²) < 4.78 is 5.51. The van der Waals surface area contributed by atoms with Gasteiger partial charge in [0.1, 0.15) is 0 Å². The predicted molar refractivity (Wildman–Crippen MR) is 76.5 cm³/mol. The highest BCUT2D eigenvalue weighted by Crippen LogP contribution is 2.46. The van der Waals surface area contributed by atoms with Crippen molar-refractivity contribution in [2.24, 2.45) is 23.5 Å². The number of ether oxygens (including phenoxy) is 1. The Labute approximate surface area is 113 Å². The van der Waals surface area contributed by atoms with Gasteiger partial charge < -0.3 is 10.5 Å². The number of methoxy groups -OCH3 is 1. The summed E-state index contributed by atoms with van der Waals surface area (Å²) in [5.41, 5.74) is 6.53. The Kier molecular flexibility index (Phi) is 4.71. The average Bonchev–Trinajstić information content (AvgIpc) is 2.20. The second-order valence-electron chi connectivity index (χ2n) is 7.13. The van der Waals surface area contributed by atoms with Gasteiger partial charge in [0, 0.05) is 13.2 Å². The molecular weight excluding hydrogens is 222 g/mol. The summed E-state index contributed by atoms with van der Waals surface area (Å²) in [6.07, 6.45) is 10.8. The van der Waals surface area contributed by atoms with Crippen LogP contribution in [0.5, 0.6) is 0 Å². The first-order valence-corrected chi connectivity index (χ1v) is 7.84. The SMILES string of the molecule is COC(C)(C)CCC(N)C(C1CCC1)C1CCC1. The van der Waals surface area contributed by atoms with Crippen LogP contribution in [0.15, 0.2) is 0 Å². The smallest absolute Gasteiger partial charge is 0.0623 e. The van der Waals surface area contributed by atoms with E-state index in [0.29, 0.717) is 6.04 Å². The summed E-state index contributed by atoms with van der Waals surface area (Å²) in [5, 5.41) is 0. The first-order chi connectivity index (χ1) is 8.53. The van der Waals surface area contributed by atoms with Crippen molar-refractivity contribution in [3.05, 3.63) is 0 Å². The van der Waals surface area contributed by atoms with Gasteiger partial charge in [0.25, 0.3) is 0 Å². The molecule has 2 rings (SSSR count). The van der Waals surface area contributed by atoms with Gasteiger partial charge in [-0.3, -0.25) is 0 Å². The van der Waals surface area contributed by atoms with Gasteiger partial charge in [0.05, 0.1) is 5.60 Å². The standard InChI is InChI=1S/C16H31NO/c1-16(2,18-3)11-10-14(17)15(12-6-4-7-12)13-8-5-9-13/h12-15H,4-11,17H2,1-3H3. The monoisotopic (exact) mass is 253 g/mol. The fourth-order valence-electron chi connectivity index (χ4n) is 3.54. The molecule has 2 aliphatic rings. The third-order valence-corrected chi connectivity index (χ3v) is 5.52.